The molecule has 1 unspecified atom stereocenters. The fourth-order valence-electron chi connectivity index (χ4n) is 3.57. The first-order chi connectivity index (χ1) is 10.0. The summed E-state index contributed by atoms with van der Waals surface area (Å²) in [4.78, 5) is 0. The van der Waals surface area contributed by atoms with E-state index in [9.17, 15) is 13.9 Å². The molecular weight excluding hydrogens is 272 g/mol. The van der Waals surface area contributed by atoms with E-state index in [1.807, 2.05) is 0 Å². The van der Waals surface area contributed by atoms with E-state index in [0.29, 0.717) is 18.0 Å². The summed E-state index contributed by atoms with van der Waals surface area (Å²) in [6.07, 6.45) is 5.33. The normalized spacial score (nSPS) is 27.6. The van der Waals surface area contributed by atoms with Crippen molar-refractivity contribution in [2.75, 3.05) is 6.54 Å². The molecule has 0 amide bonds. The summed E-state index contributed by atoms with van der Waals surface area (Å²) < 4.78 is 26.4. The molecule has 118 valence electrons. The molecule has 0 saturated heterocycles. The van der Waals surface area contributed by atoms with Crippen LogP contribution >= 0.6 is 0 Å². The number of aliphatic hydroxyl groups excluding tert-OH is 1. The van der Waals surface area contributed by atoms with E-state index in [2.05, 4.69) is 6.92 Å². The minimum absolute atomic E-state index is 0.367. The number of aliphatic hydroxyl groups is 1. The van der Waals surface area contributed by atoms with Crippen LogP contribution in [-0.2, 0) is 0 Å². The molecule has 1 aliphatic carbocycles. The summed E-state index contributed by atoms with van der Waals surface area (Å²) in [5.74, 6) is -1.11. The Bertz CT molecular complexity index is 470. The Morgan fingerprint density at radius 3 is 2.48 bits per heavy atom. The van der Waals surface area contributed by atoms with E-state index in [-0.39, 0.29) is 0 Å². The van der Waals surface area contributed by atoms with Crippen LogP contribution in [0.5, 0.6) is 0 Å². The quantitative estimate of drug-likeness (QED) is 0.865. The second kappa shape index (κ2) is 6.84. The van der Waals surface area contributed by atoms with Gasteiger partial charge in [-0.1, -0.05) is 25.8 Å². The van der Waals surface area contributed by atoms with Gasteiger partial charge >= 0.3 is 0 Å². The van der Waals surface area contributed by atoms with Crippen molar-refractivity contribution in [2.24, 2.45) is 17.1 Å². The van der Waals surface area contributed by atoms with Crippen molar-refractivity contribution in [1.29, 1.82) is 0 Å². The van der Waals surface area contributed by atoms with Gasteiger partial charge in [-0.15, -0.1) is 0 Å². The van der Waals surface area contributed by atoms with E-state index in [1.165, 1.54) is 18.9 Å². The molecule has 21 heavy (non-hydrogen) atoms. The molecule has 4 heteroatoms. The third-order valence-corrected chi connectivity index (χ3v) is 5.04. The number of nitrogens with two attached hydrogens (primary N) is 1. The van der Waals surface area contributed by atoms with Gasteiger partial charge in [0.1, 0.15) is 0 Å². The van der Waals surface area contributed by atoms with Crippen molar-refractivity contribution in [3.05, 3.63) is 35.4 Å². The highest BCUT2D eigenvalue weighted by atomic mass is 19.2. The third kappa shape index (κ3) is 3.43. The van der Waals surface area contributed by atoms with Crippen LogP contribution in [0, 0.1) is 23.0 Å². The Morgan fingerprint density at radius 2 is 1.95 bits per heavy atom. The zero-order chi connectivity index (χ0) is 15.5. The molecule has 1 aliphatic rings. The van der Waals surface area contributed by atoms with Crippen LogP contribution in [-0.4, -0.2) is 11.7 Å². The van der Waals surface area contributed by atoms with Gasteiger partial charge in [0, 0.05) is 12.0 Å². The van der Waals surface area contributed by atoms with Crippen LogP contribution in [0.1, 0.15) is 57.1 Å². The summed E-state index contributed by atoms with van der Waals surface area (Å²) in [6.45, 7) is 2.55. The first kappa shape index (κ1) is 16.4. The van der Waals surface area contributed by atoms with Gasteiger partial charge in [0.25, 0.3) is 0 Å². The third-order valence-electron chi connectivity index (χ3n) is 5.04. The number of hydrogen-bond donors (Lipinski definition) is 2. The summed E-state index contributed by atoms with van der Waals surface area (Å²) in [6, 6.07) is 3.62. The molecule has 2 nitrogen and oxygen atoms in total. The number of benzene rings is 1. The van der Waals surface area contributed by atoms with Crippen LogP contribution in [0.2, 0.25) is 0 Å². The van der Waals surface area contributed by atoms with Crippen molar-refractivity contribution in [3.63, 3.8) is 0 Å². The largest absolute Gasteiger partial charge is 0.388 e. The molecule has 0 heterocycles. The monoisotopic (exact) mass is 297 g/mol. The number of halogens is 2. The fraction of sp³-hybridized carbons (Fsp3) is 0.647. The zero-order valence-corrected chi connectivity index (χ0v) is 12.6. The molecule has 1 aromatic carbocycles. The van der Waals surface area contributed by atoms with E-state index >= 15 is 0 Å². The van der Waals surface area contributed by atoms with E-state index < -0.39 is 23.2 Å². The molecule has 0 aliphatic heterocycles. The predicted octanol–water partition coefficient (Wildman–Crippen LogP) is 3.93. The fourth-order valence-corrected chi connectivity index (χ4v) is 3.57. The summed E-state index contributed by atoms with van der Waals surface area (Å²) in [5.41, 5.74) is 5.95. The Morgan fingerprint density at radius 1 is 1.29 bits per heavy atom. The zero-order valence-electron chi connectivity index (χ0n) is 12.6. The first-order valence-corrected chi connectivity index (χ1v) is 7.85. The predicted molar refractivity (Wildman–Crippen MR) is 79.7 cm³/mol. The maximum absolute atomic E-state index is 13.4. The van der Waals surface area contributed by atoms with Gasteiger partial charge in [-0.05, 0) is 49.3 Å². The summed E-state index contributed by atoms with van der Waals surface area (Å²) in [7, 11) is 0. The lowest BCUT2D eigenvalue weighted by Gasteiger charge is -2.43. The Hall–Kier alpha value is -1.00. The van der Waals surface area contributed by atoms with Crippen molar-refractivity contribution in [3.8, 4) is 0 Å². The van der Waals surface area contributed by atoms with Crippen LogP contribution in [0.25, 0.3) is 0 Å². The van der Waals surface area contributed by atoms with E-state index in [4.69, 9.17) is 5.73 Å². The van der Waals surface area contributed by atoms with Crippen LogP contribution in [0.15, 0.2) is 18.2 Å². The van der Waals surface area contributed by atoms with E-state index in [1.54, 1.807) is 0 Å². The number of rotatable bonds is 5. The van der Waals surface area contributed by atoms with Crippen molar-refractivity contribution < 1.29 is 13.9 Å². The van der Waals surface area contributed by atoms with E-state index in [0.717, 1.165) is 37.8 Å². The molecule has 3 N–H and O–H groups in total. The van der Waals surface area contributed by atoms with Gasteiger partial charge in [-0.25, -0.2) is 8.78 Å². The molecule has 1 fully saturated rings. The highest BCUT2D eigenvalue weighted by molar-refractivity contribution is 5.22. The maximum atomic E-state index is 13.4. The lowest BCUT2D eigenvalue weighted by Crippen LogP contribution is -2.40. The smallest absolute Gasteiger partial charge is 0.159 e. The van der Waals surface area contributed by atoms with Crippen molar-refractivity contribution in [1.82, 2.24) is 0 Å². The van der Waals surface area contributed by atoms with Gasteiger partial charge in [0.05, 0.1) is 6.10 Å². The van der Waals surface area contributed by atoms with Crippen LogP contribution in [0.3, 0.4) is 0 Å². The second-order valence-electron chi connectivity index (χ2n) is 6.37. The standard InChI is InChI=1S/C17H25F2NO/c1-2-3-12-6-8-17(11-20,9-7-12)16(21)13-4-5-14(18)15(19)10-13/h4-5,10,12,16,21H,2-3,6-9,11,20H2,1H3. The Labute approximate surface area is 125 Å². The first-order valence-electron chi connectivity index (χ1n) is 7.85. The maximum Gasteiger partial charge on any atom is 0.159 e. The van der Waals surface area contributed by atoms with Gasteiger partial charge in [0.2, 0.25) is 0 Å². The van der Waals surface area contributed by atoms with Gasteiger partial charge < -0.3 is 10.8 Å². The summed E-state index contributed by atoms with van der Waals surface area (Å²) in [5, 5.41) is 10.7. The molecule has 2 rings (SSSR count). The van der Waals surface area contributed by atoms with Gasteiger partial charge in [0.15, 0.2) is 11.6 Å². The molecular formula is C17H25F2NO. The molecule has 0 spiro atoms. The molecule has 0 aromatic heterocycles. The van der Waals surface area contributed by atoms with Crippen molar-refractivity contribution >= 4 is 0 Å². The topological polar surface area (TPSA) is 46.2 Å². The SMILES string of the molecule is CCCC1CCC(CN)(C(O)c2ccc(F)c(F)c2)CC1. The summed E-state index contributed by atoms with van der Waals surface area (Å²) >= 11 is 0. The lowest BCUT2D eigenvalue weighted by atomic mass is 9.65. The number of hydrogen-bond acceptors (Lipinski definition) is 2. The Balaban J connectivity index is 2.15. The molecule has 0 bridgehead atoms. The second-order valence-corrected chi connectivity index (χ2v) is 6.37. The minimum atomic E-state index is -0.918. The average molecular weight is 297 g/mol. The minimum Gasteiger partial charge on any atom is -0.388 e. The molecule has 1 saturated carbocycles. The Kier molecular flexibility index (Phi) is 5.33. The average Bonchev–Trinajstić information content (AvgIpc) is 2.51. The molecule has 0 radical (unpaired) electrons. The highest BCUT2D eigenvalue weighted by Crippen LogP contribution is 2.47. The highest BCUT2D eigenvalue weighted by Gasteiger charge is 2.40. The van der Waals surface area contributed by atoms with Crippen molar-refractivity contribution in [2.45, 2.75) is 51.6 Å². The molecule has 1 atom stereocenters. The van der Waals surface area contributed by atoms with Crippen LogP contribution in [0.4, 0.5) is 8.78 Å². The van der Waals surface area contributed by atoms with Gasteiger partial charge in [-0.3, -0.25) is 0 Å². The van der Waals surface area contributed by atoms with Gasteiger partial charge in [-0.2, -0.15) is 0 Å². The molecule has 1 aromatic rings. The van der Waals surface area contributed by atoms with Crippen LogP contribution < -0.4 is 5.73 Å². The lowest BCUT2D eigenvalue weighted by molar-refractivity contribution is -0.0110.